The highest BCUT2D eigenvalue weighted by molar-refractivity contribution is 6.33. The van der Waals surface area contributed by atoms with Crippen LogP contribution in [0.2, 0.25) is 5.02 Å². The number of halogens is 1. The van der Waals surface area contributed by atoms with Crippen molar-refractivity contribution in [3.63, 3.8) is 0 Å². The molecule has 0 amide bonds. The number of terminal acetylenes is 1. The number of hydrogen-bond acceptors (Lipinski definition) is 2. The number of ether oxygens (including phenoxy) is 2. The van der Waals surface area contributed by atoms with E-state index in [-0.39, 0.29) is 5.41 Å². The Kier molecular flexibility index (Phi) is 2.73. The monoisotopic (exact) mass is 236 g/mol. The summed E-state index contributed by atoms with van der Waals surface area (Å²) in [5, 5.41) is 0.567. The fraction of sp³-hybridized carbons (Fsp3) is 0.385. The van der Waals surface area contributed by atoms with Crippen LogP contribution < -0.4 is 9.47 Å². The lowest BCUT2D eigenvalue weighted by Gasteiger charge is -2.15. The van der Waals surface area contributed by atoms with Crippen LogP contribution in [0.4, 0.5) is 0 Å². The van der Waals surface area contributed by atoms with E-state index in [1.165, 1.54) is 0 Å². The minimum absolute atomic E-state index is 0.184. The van der Waals surface area contributed by atoms with Crippen molar-refractivity contribution in [2.75, 3.05) is 14.2 Å². The van der Waals surface area contributed by atoms with Gasteiger partial charge in [0, 0.05) is 0 Å². The quantitative estimate of drug-likeness (QED) is 0.751. The topological polar surface area (TPSA) is 18.5 Å². The summed E-state index contributed by atoms with van der Waals surface area (Å²) >= 11 is 6.30. The van der Waals surface area contributed by atoms with Crippen LogP contribution in [0.1, 0.15) is 18.4 Å². The Hall–Kier alpha value is -1.33. The number of methoxy groups -OCH3 is 2. The SMILES string of the molecule is C#CC1(c2ccc(OC)c(OC)c2Cl)CC1. The molecule has 0 heterocycles. The van der Waals surface area contributed by atoms with Gasteiger partial charge in [0.25, 0.3) is 0 Å². The van der Waals surface area contributed by atoms with Crippen LogP contribution in [-0.2, 0) is 5.41 Å². The van der Waals surface area contributed by atoms with Crippen molar-refractivity contribution in [2.45, 2.75) is 18.3 Å². The molecule has 1 saturated carbocycles. The maximum absolute atomic E-state index is 6.30. The third kappa shape index (κ3) is 1.52. The maximum Gasteiger partial charge on any atom is 0.179 e. The summed E-state index contributed by atoms with van der Waals surface area (Å²) in [5.41, 5.74) is 0.783. The molecule has 0 atom stereocenters. The van der Waals surface area contributed by atoms with Gasteiger partial charge in [-0.3, -0.25) is 0 Å². The standard InChI is InChI=1S/C13H13ClO2/c1-4-13(7-8-13)9-5-6-10(15-2)12(16-3)11(9)14/h1,5-6H,7-8H2,2-3H3. The normalized spacial score (nSPS) is 16.4. The molecule has 1 aliphatic rings. The van der Waals surface area contributed by atoms with Crippen LogP contribution in [0.25, 0.3) is 0 Å². The minimum Gasteiger partial charge on any atom is -0.493 e. The number of rotatable bonds is 3. The second kappa shape index (κ2) is 3.92. The Balaban J connectivity index is 2.54. The molecule has 2 rings (SSSR count). The van der Waals surface area contributed by atoms with E-state index in [0.717, 1.165) is 18.4 Å². The molecule has 16 heavy (non-hydrogen) atoms. The first-order chi connectivity index (χ1) is 7.68. The van der Waals surface area contributed by atoms with Gasteiger partial charge in [0.15, 0.2) is 11.5 Å². The molecular formula is C13H13ClO2. The van der Waals surface area contributed by atoms with Crippen molar-refractivity contribution >= 4 is 11.6 Å². The van der Waals surface area contributed by atoms with E-state index in [9.17, 15) is 0 Å². The van der Waals surface area contributed by atoms with Gasteiger partial charge in [0.2, 0.25) is 0 Å². The molecule has 3 heteroatoms. The molecule has 1 aromatic rings. The lowest BCUT2D eigenvalue weighted by atomic mass is 9.96. The van der Waals surface area contributed by atoms with Crippen molar-refractivity contribution in [1.82, 2.24) is 0 Å². The van der Waals surface area contributed by atoms with E-state index in [1.54, 1.807) is 14.2 Å². The molecule has 0 bridgehead atoms. The summed E-state index contributed by atoms with van der Waals surface area (Å²) in [7, 11) is 3.16. The highest BCUT2D eigenvalue weighted by Crippen LogP contribution is 2.53. The zero-order valence-electron chi connectivity index (χ0n) is 9.34. The van der Waals surface area contributed by atoms with E-state index in [0.29, 0.717) is 16.5 Å². The van der Waals surface area contributed by atoms with Crippen molar-refractivity contribution in [1.29, 1.82) is 0 Å². The summed E-state index contributed by atoms with van der Waals surface area (Å²) in [5.74, 6) is 4.00. The second-order valence-electron chi connectivity index (χ2n) is 3.89. The Bertz CT molecular complexity index is 456. The Morgan fingerprint density at radius 1 is 1.31 bits per heavy atom. The van der Waals surface area contributed by atoms with Crippen LogP contribution >= 0.6 is 11.6 Å². The highest BCUT2D eigenvalue weighted by Gasteiger charge is 2.44. The van der Waals surface area contributed by atoms with E-state index in [2.05, 4.69) is 5.92 Å². The summed E-state index contributed by atoms with van der Waals surface area (Å²) in [4.78, 5) is 0. The van der Waals surface area contributed by atoms with E-state index >= 15 is 0 Å². The Labute approximate surface area is 101 Å². The molecule has 0 spiro atoms. The fourth-order valence-electron chi connectivity index (χ4n) is 1.88. The average molecular weight is 237 g/mol. The van der Waals surface area contributed by atoms with Crippen molar-refractivity contribution < 1.29 is 9.47 Å². The Morgan fingerprint density at radius 3 is 2.44 bits per heavy atom. The molecule has 0 unspecified atom stereocenters. The average Bonchev–Trinajstić information content (AvgIpc) is 3.09. The van der Waals surface area contributed by atoms with E-state index in [4.69, 9.17) is 27.5 Å². The molecule has 0 saturated heterocycles. The summed E-state index contributed by atoms with van der Waals surface area (Å²) < 4.78 is 10.4. The largest absolute Gasteiger partial charge is 0.493 e. The zero-order chi connectivity index (χ0) is 11.8. The predicted molar refractivity (Wildman–Crippen MR) is 64.3 cm³/mol. The molecule has 0 aromatic heterocycles. The molecule has 1 aliphatic carbocycles. The molecule has 0 N–H and O–H groups in total. The lowest BCUT2D eigenvalue weighted by molar-refractivity contribution is 0.354. The molecule has 1 fully saturated rings. The van der Waals surface area contributed by atoms with Gasteiger partial charge in [-0.15, -0.1) is 6.42 Å². The first-order valence-corrected chi connectivity index (χ1v) is 5.45. The molecular weight excluding hydrogens is 224 g/mol. The van der Waals surface area contributed by atoms with Crippen LogP contribution in [-0.4, -0.2) is 14.2 Å². The van der Waals surface area contributed by atoms with Crippen LogP contribution in [0.3, 0.4) is 0 Å². The van der Waals surface area contributed by atoms with Gasteiger partial charge in [0.1, 0.15) is 0 Å². The third-order valence-corrected chi connectivity index (χ3v) is 3.40. The summed E-state index contributed by atoms with van der Waals surface area (Å²) in [6, 6.07) is 3.77. The molecule has 0 aliphatic heterocycles. The predicted octanol–water partition coefficient (Wildman–Crippen LogP) is 3.02. The van der Waals surface area contributed by atoms with Gasteiger partial charge < -0.3 is 9.47 Å². The Morgan fingerprint density at radius 2 is 2.00 bits per heavy atom. The smallest absolute Gasteiger partial charge is 0.179 e. The lowest BCUT2D eigenvalue weighted by Crippen LogP contribution is -2.05. The molecule has 84 valence electrons. The van der Waals surface area contributed by atoms with Gasteiger partial charge in [-0.25, -0.2) is 0 Å². The van der Waals surface area contributed by atoms with Crippen molar-refractivity contribution in [2.24, 2.45) is 0 Å². The molecule has 1 aromatic carbocycles. The molecule has 2 nitrogen and oxygen atoms in total. The minimum atomic E-state index is -0.184. The first-order valence-electron chi connectivity index (χ1n) is 5.07. The number of hydrogen-bond donors (Lipinski definition) is 0. The van der Waals surface area contributed by atoms with Gasteiger partial charge in [-0.2, -0.15) is 0 Å². The van der Waals surface area contributed by atoms with Crippen LogP contribution in [0, 0.1) is 12.3 Å². The highest BCUT2D eigenvalue weighted by atomic mass is 35.5. The van der Waals surface area contributed by atoms with Gasteiger partial charge in [-0.1, -0.05) is 23.6 Å². The maximum atomic E-state index is 6.30. The van der Waals surface area contributed by atoms with Gasteiger partial charge in [-0.05, 0) is 24.5 Å². The second-order valence-corrected chi connectivity index (χ2v) is 4.27. The number of benzene rings is 1. The zero-order valence-corrected chi connectivity index (χ0v) is 10.1. The van der Waals surface area contributed by atoms with Crippen molar-refractivity contribution in [3.05, 3.63) is 22.7 Å². The summed E-state index contributed by atoms with van der Waals surface area (Å²) in [6.07, 6.45) is 7.52. The third-order valence-electron chi connectivity index (χ3n) is 3.03. The van der Waals surface area contributed by atoms with Crippen LogP contribution in [0.15, 0.2) is 12.1 Å². The van der Waals surface area contributed by atoms with Crippen LogP contribution in [0.5, 0.6) is 11.5 Å². The van der Waals surface area contributed by atoms with Crippen molar-refractivity contribution in [3.8, 4) is 23.8 Å². The summed E-state index contributed by atoms with van der Waals surface area (Å²) in [6.45, 7) is 0. The van der Waals surface area contributed by atoms with Gasteiger partial charge >= 0.3 is 0 Å². The van der Waals surface area contributed by atoms with Gasteiger partial charge in [0.05, 0.1) is 24.7 Å². The molecule has 0 radical (unpaired) electrons. The first kappa shape index (κ1) is 11.2. The fourth-order valence-corrected chi connectivity index (χ4v) is 2.29. The van der Waals surface area contributed by atoms with E-state index < -0.39 is 0 Å². The van der Waals surface area contributed by atoms with E-state index in [1.807, 2.05) is 12.1 Å².